The molecule has 2 aromatic heterocycles. The quantitative estimate of drug-likeness (QED) is 0.662. The summed E-state index contributed by atoms with van der Waals surface area (Å²) < 4.78 is 1.92. The lowest BCUT2D eigenvalue weighted by Crippen LogP contribution is -1.98. The van der Waals surface area contributed by atoms with Gasteiger partial charge < -0.3 is 4.57 Å². The lowest BCUT2D eigenvalue weighted by Gasteiger charge is -1.97. The van der Waals surface area contributed by atoms with Crippen molar-refractivity contribution < 1.29 is 4.79 Å². The average Bonchev–Trinajstić information content (AvgIpc) is 2.61. The van der Waals surface area contributed by atoms with E-state index in [0.717, 1.165) is 23.2 Å². The Morgan fingerprint density at radius 3 is 3.25 bits per heavy atom. The second-order valence-corrected chi connectivity index (χ2v) is 3.34. The molecule has 12 heavy (non-hydrogen) atoms. The van der Waals surface area contributed by atoms with Crippen molar-refractivity contribution in [1.82, 2.24) is 9.55 Å². The van der Waals surface area contributed by atoms with Crippen LogP contribution in [0.5, 0.6) is 0 Å². The molecule has 0 saturated carbocycles. The number of carbonyl (C=O) groups excluding carboxylic acids is 1. The molecule has 0 radical (unpaired) electrons. The van der Waals surface area contributed by atoms with Crippen LogP contribution in [0.25, 0.3) is 10.3 Å². The van der Waals surface area contributed by atoms with Gasteiger partial charge in [-0.05, 0) is 18.4 Å². The van der Waals surface area contributed by atoms with Crippen molar-refractivity contribution in [3.63, 3.8) is 0 Å². The number of nitrogens with zero attached hydrogens (tertiary/aromatic N) is 2. The van der Waals surface area contributed by atoms with Gasteiger partial charge in [-0.1, -0.05) is 0 Å². The number of fused-ring (bicyclic) bond motifs is 1. The molecule has 2 heterocycles. The van der Waals surface area contributed by atoms with E-state index < -0.39 is 0 Å². The molecule has 0 aromatic carbocycles. The molecular weight excluding hydrogens is 172 g/mol. The van der Waals surface area contributed by atoms with Crippen LogP contribution in [0.1, 0.15) is 17.5 Å². The molecule has 2 aromatic rings. The van der Waals surface area contributed by atoms with Crippen LogP contribution >= 0.6 is 11.3 Å². The smallest absolute Gasteiger partial charge is 0.185 e. The van der Waals surface area contributed by atoms with E-state index in [-0.39, 0.29) is 0 Å². The van der Waals surface area contributed by atoms with E-state index in [1.165, 1.54) is 0 Å². The molecule has 0 saturated heterocycles. The van der Waals surface area contributed by atoms with Crippen LogP contribution in [0.3, 0.4) is 0 Å². The SMILES string of the molecule is CCn1c(C=O)nc2ccsc21. The maximum Gasteiger partial charge on any atom is 0.185 e. The Balaban J connectivity index is 2.78. The second-order valence-electron chi connectivity index (χ2n) is 2.44. The van der Waals surface area contributed by atoms with Crippen LogP contribution in [-0.4, -0.2) is 15.8 Å². The first kappa shape index (κ1) is 7.49. The molecule has 0 aliphatic heterocycles. The van der Waals surface area contributed by atoms with Crippen molar-refractivity contribution in [3.8, 4) is 0 Å². The Kier molecular flexibility index (Phi) is 1.69. The zero-order valence-corrected chi connectivity index (χ0v) is 7.47. The van der Waals surface area contributed by atoms with E-state index >= 15 is 0 Å². The van der Waals surface area contributed by atoms with E-state index in [2.05, 4.69) is 4.98 Å². The highest BCUT2D eigenvalue weighted by molar-refractivity contribution is 7.16. The van der Waals surface area contributed by atoms with E-state index in [1.807, 2.05) is 22.9 Å². The molecule has 0 bridgehead atoms. The van der Waals surface area contributed by atoms with Gasteiger partial charge in [-0.15, -0.1) is 11.3 Å². The van der Waals surface area contributed by atoms with Crippen LogP contribution in [-0.2, 0) is 6.54 Å². The largest absolute Gasteiger partial charge is 0.314 e. The third kappa shape index (κ3) is 0.881. The van der Waals surface area contributed by atoms with Crippen LogP contribution < -0.4 is 0 Å². The van der Waals surface area contributed by atoms with E-state index in [4.69, 9.17) is 0 Å². The van der Waals surface area contributed by atoms with Gasteiger partial charge in [0.2, 0.25) is 0 Å². The maximum atomic E-state index is 10.6. The number of hydrogen-bond donors (Lipinski definition) is 0. The monoisotopic (exact) mass is 180 g/mol. The summed E-state index contributed by atoms with van der Waals surface area (Å²) in [5.74, 6) is 0.527. The molecule has 62 valence electrons. The lowest BCUT2D eigenvalue weighted by molar-refractivity contribution is 0.111. The minimum Gasteiger partial charge on any atom is -0.314 e. The van der Waals surface area contributed by atoms with Gasteiger partial charge in [-0.25, -0.2) is 4.98 Å². The number of imidazole rings is 1. The van der Waals surface area contributed by atoms with Gasteiger partial charge in [0, 0.05) is 6.54 Å². The summed E-state index contributed by atoms with van der Waals surface area (Å²) in [5, 5.41) is 1.98. The van der Waals surface area contributed by atoms with Crippen molar-refractivity contribution in [2.45, 2.75) is 13.5 Å². The third-order valence-electron chi connectivity index (χ3n) is 1.80. The van der Waals surface area contributed by atoms with E-state index in [1.54, 1.807) is 11.3 Å². The fourth-order valence-corrected chi connectivity index (χ4v) is 2.18. The highest BCUT2D eigenvalue weighted by atomic mass is 32.1. The Bertz CT molecular complexity index is 416. The molecule has 0 fully saturated rings. The zero-order valence-electron chi connectivity index (χ0n) is 6.65. The van der Waals surface area contributed by atoms with Crippen molar-refractivity contribution in [3.05, 3.63) is 17.3 Å². The minimum absolute atomic E-state index is 0.527. The Hall–Kier alpha value is -1.16. The van der Waals surface area contributed by atoms with Crippen molar-refractivity contribution in [2.24, 2.45) is 0 Å². The number of aromatic nitrogens is 2. The summed E-state index contributed by atoms with van der Waals surface area (Å²) in [4.78, 5) is 15.8. The number of hydrogen-bond acceptors (Lipinski definition) is 3. The van der Waals surface area contributed by atoms with Crippen molar-refractivity contribution in [2.75, 3.05) is 0 Å². The fraction of sp³-hybridized carbons (Fsp3) is 0.250. The van der Waals surface area contributed by atoms with Crippen molar-refractivity contribution in [1.29, 1.82) is 0 Å². The summed E-state index contributed by atoms with van der Waals surface area (Å²) in [7, 11) is 0. The predicted molar refractivity (Wildman–Crippen MR) is 48.7 cm³/mol. The van der Waals surface area contributed by atoms with Gasteiger partial charge in [0.25, 0.3) is 0 Å². The van der Waals surface area contributed by atoms with E-state index in [0.29, 0.717) is 5.82 Å². The molecule has 4 heteroatoms. The fourth-order valence-electron chi connectivity index (χ4n) is 1.26. The third-order valence-corrected chi connectivity index (χ3v) is 2.73. The van der Waals surface area contributed by atoms with Crippen molar-refractivity contribution >= 4 is 28.0 Å². The highest BCUT2D eigenvalue weighted by Crippen LogP contribution is 2.20. The second kappa shape index (κ2) is 2.71. The average molecular weight is 180 g/mol. The van der Waals surface area contributed by atoms with Gasteiger partial charge in [0.1, 0.15) is 10.3 Å². The Morgan fingerprint density at radius 1 is 1.75 bits per heavy atom. The van der Waals surface area contributed by atoms with Gasteiger partial charge in [-0.3, -0.25) is 4.79 Å². The first-order chi connectivity index (χ1) is 5.86. The van der Waals surface area contributed by atoms with Gasteiger partial charge in [0.05, 0.1) is 0 Å². The van der Waals surface area contributed by atoms with Gasteiger partial charge >= 0.3 is 0 Å². The van der Waals surface area contributed by atoms with Gasteiger partial charge in [0.15, 0.2) is 12.1 Å². The summed E-state index contributed by atoms with van der Waals surface area (Å²) >= 11 is 1.62. The molecule has 2 rings (SSSR count). The first-order valence-corrected chi connectivity index (χ1v) is 4.63. The normalized spacial score (nSPS) is 10.8. The summed E-state index contributed by atoms with van der Waals surface area (Å²) in [6, 6.07) is 1.93. The molecule has 3 nitrogen and oxygen atoms in total. The number of aldehydes is 1. The molecule has 0 amide bonds. The Morgan fingerprint density at radius 2 is 2.58 bits per heavy atom. The van der Waals surface area contributed by atoms with Crippen LogP contribution in [0.4, 0.5) is 0 Å². The van der Waals surface area contributed by atoms with Crippen LogP contribution in [0.15, 0.2) is 11.4 Å². The molecule has 0 N–H and O–H groups in total. The Labute approximate surface area is 73.6 Å². The van der Waals surface area contributed by atoms with Crippen LogP contribution in [0, 0.1) is 0 Å². The summed E-state index contributed by atoms with van der Waals surface area (Å²) in [6.45, 7) is 2.80. The first-order valence-electron chi connectivity index (χ1n) is 3.75. The van der Waals surface area contributed by atoms with Crippen LogP contribution in [0.2, 0.25) is 0 Å². The number of aryl methyl sites for hydroxylation is 1. The molecule has 0 unspecified atom stereocenters. The minimum atomic E-state index is 0.527. The molecule has 0 spiro atoms. The van der Waals surface area contributed by atoms with Gasteiger partial charge in [-0.2, -0.15) is 0 Å². The standard InChI is InChI=1S/C8H8N2OS/c1-2-10-7(5-11)9-6-3-4-12-8(6)10/h3-5H,2H2,1H3. The molecular formula is C8H8N2OS. The molecule has 0 aliphatic carbocycles. The zero-order chi connectivity index (χ0) is 8.55. The lowest BCUT2D eigenvalue weighted by atomic mass is 10.6. The molecule has 0 atom stereocenters. The number of carbonyl (C=O) groups is 1. The maximum absolute atomic E-state index is 10.6. The number of rotatable bonds is 2. The topological polar surface area (TPSA) is 34.9 Å². The predicted octanol–water partition coefficient (Wildman–Crippen LogP) is 1.93. The number of thiophene rings is 1. The summed E-state index contributed by atoms with van der Waals surface area (Å²) in [5.41, 5.74) is 0.920. The highest BCUT2D eigenvalue weighted by Gasteiger charge is 2.08. The molecule has 0 aliphatic rings. The summed E-state index contributed by atoms with van der Waals surface area (Å²) in [6.07, 6.45) is 0.802. The van der Waals surface area contributed by atoms with E-state index in [9.17, 15) is 4.79 Å².